The van der Waals surface area contributed by atoms with Gasteiger partial charge >= 0.3 is 0 Å². The highest BCUT2D eigenvalue weighted by Gasteiger charge is 2.18. The first-order chi connectivity index (χ1) is 9.36. The number of phenolic OH excluding ortho intramolecular Hbond substituents is 1. The summed E-state index contributed by atoms with van der Waals surface area (Å²) in [5.74, 6) is -0.540. The standard InChI is InChI=1S/C15H22N2O3/c1-5-16-14(19)10(4)17-15(20)12-8-11(9(2)3)6-7-13(12)18/h6-10,18H,5H2,1-4H3,(H,16,19)(H,17,20)/t10-/m1/s1. The van der Waals surface area contributed by atoms with Crippen LogP contribution in [0.5, 0.6) is 5.75 Å². The average molecular weight is 278 g/mol. The van der Waals surface area contributed by atoms with E-state index in [0.29, 0.717) is 6.54 Å². The Morgan fingerprint density at radius 3 is 2.45 bits per heavy atom. The lowest BCUT2D eigenvalue weighted by molar-refractivity contribution is -0.122. The molecule has 0 heterocycles. The van der Waals surface area contributed by atoms with Crippen molar-refractivity contribution in [3.63, 3.8) is 0 Å². The first kappa shape index (κ1) is 16.0. The van der Waals surface area contributed by atoms with Gasteiger partial charge in [0.05, 0.1) is 5.56 Å². The molecule has 1 rings (SSSR count). The molecule has 0 aliphatic carbocycles. The Balaban J connectivity index is 2.87. The maximum absolute atomic E-state index is 12.1. The van der Waals surface area contributed by atoms with E-state index in [1.165, 1.54) is 6.07 Å². The van der Waals surface area contributed by atoms with Gasteiger partial charge in [-0.2, -0.15) is 0 Å². The van der Waals surface area contributed by atoms with Crippen molar-refractivity contribution in [3.8, 4) is 5.75 Å². The summed E-state index contributed by atoms with van der Waals surface area (Å²) in [5.41, 5.74) is 1.14. The summed E-state index contributed by atoms with van der Waals surface area (Å²) in [7, 11) is 0. The van der Waals surface area contributed by atoms with Gasteiger partial charge in [0.15, 0.2) is 0 Å². The molecule has 5 nitrogen and oxygen atoms in total. The van der Waals surface area contributed by atoms with Crippen LogP contribution in [0.4, 0.5) is 0 Å². The van der Waals surface area contributed by atoms with Gasteiger partial charge in [-0.3, -0.25) is 9.59 Å². The Morgan fingerprint density at radius 2 is 1.90 bits per heavy atom. The summed E-state index contributed by atoms with van der Waals surface area (Å²) in [4.78, 5) is 23.7. The maximum atomic E-state index is 12.1. The Morgan fingerprint density at radius 1 is 1.25 bits per heavy atom. The molecule has 1 atom stereocenters. The zero-order valence-corrected chi connectivity index (χ0v) is 12.4. The van der Waals surface area contributed by atoms with Crippen LogP contribution in [0.3, 0.4) is 0 Å². The molecule has 0 aromatic heterocycles. The van der Waals surface area contributed by atoms with Crippen molar-refractivity contribution in [1.29, 1.82) is 0 Å². The first-order valence-electron chi connectivity index (χ1n) is 6.78. The fraction of sp³-hybridized carbons (Fsp3) is 0.467. The van der Waals surface area contributed by atoms with E-state index in [1.807, 2.05) is 20.8 Å². The number of hydrogen-bond acceptors (Lipinski definition) is 3. The summed E-state index contributed by atoms with van der Waals surface area (Å²) < 4.78 is 0. The molecule has 0 bridgehead atoms. The highest BCUT2D eigenvalue weighted by atomic mass is 16.3. The number of hydrogen-bond donors (Lipinski definition) is 3. The van der Waals surface area contributed by atoms with Crippen LogP contribution in [-0.2, 0) is 4.79 Å². The van der Waals surface area contributed by atoms with E-state index >= 15 is 0 Å². The lowest BCUT2D eigenvalue weighted by atomic mass is 10.00. The molecule has 0 saturated heterocycles. The fourth-order valence-corrected chi connectivity index (χ4v) is 1.76. The highest BCUT2D eigenvalue weighted by Crippen LogP contribution is 2.23. The Bertz CT molecular complexity index is 498. The van der Waals surface area contributed by atoms with Gasteiger partial charge in [-0.15, -0.1) is 0 Å². The molecule has 0 fully saturated rings. The Hall–Kier alpha value is -2.04. The molecule has 0 radical (unpaired) electrons. The van der Waals surface area contributed by atoms with Gasteiger partial charge in [-0.25, -0.2) is 0 Å². The molecule has 0 aliphatic heterocycles. The van der Waals surface area contributed by atoms with Gasteiger partial charge < -0.3 is 15.7 Å². The van der Waals surface area contributed by atoms with Gasteiger partial charge in [-0.1, -0.05) is 19.9 Å². The summed E-state index contributed by atoms with van der Waals surface area (Å²) >= 11 is 0. The van der Waals surface area contributed by atoms with E-state index in [-0.39, 0.29) is 23.1 Å². The molecule has 20 heavy (non-hydrogen) atoms. The van der Waals surface area contributed by atoms with Gasteiger partial charge in [0.25, 0.3) is 5.91 Å². The monoisotopic (exact) mass is 278 g/mol. The number of likely N-dealkylation sites (N-methyl/N-ethyl adjacent to an activating group) is 1. The zero-order valence-electron chi connectivity index (χ0n) is 12.4. The second-order valence-corrected chi connectivity index (χ2v) is 5.02. The van der Waals surface area contributed by atoms with Crippen molar-refractivity contribution >= 4 is 11.8 Å². The number of amides is 2. The number of carbonyl (C=O) groups excluding carboxylic acids is 2. The molecule has 0 spiro atoms. The number of nitrogens with one attached hydrogen (secondary N) is 2. The fourth-order valence-electron chi connectivity index (χ4n) is 1.76. The summed E-state index contributed by atoms with van der Waals surface area (Å²) in [6.07, 6.45) is 0. The molecule has 0 aliphatic rings. The van der Waals surface area contributed by atoms with Gasteiger partial charge in [-0.05, 0) is 37.5 Å². The zero-order chi connectivity index (χ0) is 15.3. The van der Waals surface area contributed by atoms with Crippen molar-refractivity contribution in [2.24, 2.45) is 0 Å². The molecule has 3 N–H and O–H groups in total. The number of rotatable bonds is 5. The molecule has 110 valence electrons. The topological polar surface area (TPSA) is 78.4 Å². The molecular weight excluding hydrogens is 256 g/mol. The minimum Gasteiger partial charge on any atom is -0.507 e. The van der Waals surface area contributed by atoms with Crippen LogP contribution in [0, 0.1) is 0 Å². The third kappa shape index (κ3) is 3.98. The lowest BCUT2D eigenvalue weighted by Gasteiger charge is -2.15. The van der Waals surface area contributed by atoms with Crippen LogP contribution < -0.4 is 10.6 Å². The second kappa shape index (κ2) is 6.93. The van der Waals surface area contributed by atoms with E-state index in [1.54, 1.807) is 19.1 Å². The second-order valence-electron chi connectivity index (χ2n) is 5.02. The predicted molar refractivity (Wildman–Crippen MR) is 77.8 cm³/mol. The molecule has 0 saturated carbocycles. The normalized spacial score (nSPS) is 12.1. The van der Waals surface area contributed by atoms with Crippen molar-refractivity contribution in [2.45, 2.75) is 39.7 Å². The van der Waals surface area contributed by atoms with Crippen LogP contribution in [0.2, 0.25) is 0 Å². The van der Waals surface area contributed by atoms with Crippen LogP contribution in [-0.4, -0.2) is 29.5 Å². The van der Waals surface area contributed by atoms with Crippen molar-refractivity contribution in [3.05, 3.63) is 29.3 Å². The molecular formula is C15H22N2O3. The van der Waals surface area contributed by atoms with Crippen LogP contribution in [0.15, 0.2) is 18.2 Å². The quantitative estimate of drug-likeness (QED) is 0.768. The smallest absolute Gasteiger partial charge is 0.255 e. The maximum Gasteiger partial charge on any atom is 0.255 e. The van der Waals surface area contributed by atoms with E-state index in [2.05, 4.69) is 10.6 Å². The number of phenols is 1. The van der Waals surface area contributed by atoms with Crippen LogP contribution in [0.1, 0.15) is 49.5 Å². The highest BCUT2D eigenvalue weighted by molar-refractivity contribution is 5.99. The largest absolute Gasteiger partial charge is 0.507 e. The van der Waals surface area contributed by atoms with Gasteiger partial charge in [0.2, 0.25) is 5.91 Å². The first-order valence-corrected chi connectivity index (χ1v) is 6.78. The molecule has 2 amide bonds. The van der Waals surface area contributed by atoms with Crippen molar-refractivity contribution in [2.75, 3.05) is 6.54 Å². The minimum atomic E-state index is -0.649. The van der Waals surface area contributed by atoms with E-state index in [9.17, 15) is 14.7 Å². The molecule has 5 heteroatoms. The third-order valence-electron chi connectivity index (χ3n) is 3.02. The lowest BCUT2D eigenvalue weighted by Crippen LogP contribution is -2.44. The minimum absolute atomic E-state index is 0.0880. The Labute approximate surface area is 119 Å². The predicted octanol–water partition coefficient (Wildman–Crippen LogP) is 1.77. The van der Waals surface area contributed by atoms with Crippen LogP contribution >= 0.6 is 0 Å². The van der Waals surface area contributed by atoms with Gasteiger partial charge in [0, 0.05) is 6.54 Å². The summed E-state index contributed by atoms with van der Waals surface area (Å²) in [6.45, 7) is 7.93. The summed E-state index contributed by atoms with van der Waals surface area (Å²) in [5, 5.41) is 15.0. The van der Waals surface area contributed by atoms with Crippen LogP contribution in [0.25, 0.3) is 0 Å². The van der Waals surface area contributed by atoms with Crippen molar-refractivity contribution < 1.29 is 14.7 Å². The molecule has 1 aromatic carbocycles. The number of aromatic hydroxyl groups is 1. The van der Waals surface area contributed by atoms with Crippen molar-refractivity contribution in [1.82, 2.24) is 10.6 Å². The molecule has 1 aromatic rings. The van der Waals surface area contributed by atoms with Gasteiger partial charge in [0.1, 0.15) is 11.8 Å². The van der Waals surface area contributed by atoms with E-state index < -0.39 is 11.9 Å². The number of carbonyl (C=O) groups is 2. The Kier molecular flexibility index (Phi) is 5.55. The van der Waals surface area contributed by atoms with E-state index in [4.69, 9.17) is 0 Å². The third-order valence-corrected chi connectivity index (χ3v) is 3.02. The SMILES string of the molecule is CCNC(=O)[C@@H](C)NC(=O)c1cc(C(C)C)ccc1O. The summed E-state index contributed by atoms with van der Waals surface area (Å²) in [6, 6.07) is 4.29. The average Bonchev–Trinajstić information content (AvgIpc) is 2.38. The molecule has 0 unspecified atom stereocenters. The van der Waals surface area contributed by atoms with E-state index in [0.717, 1.165) is 5.56 Å². The number of benzene rings is 1.